The SMILES string of the molecule is CNC(=O)c1cc(-c2cnc3c(c2)c(Cc2cccc(Cl)c2)nn3C)ccc1N. The average molecular weight is 406 g/mol. The zero-order valence-corrected chi connectivity index (χ0v) is 16.9. The minimum Gasteiger partial charge on any atom is -0.398 e. The second-order valence-electron chi connectivity index (χ2n) is 6.85. The summed E-state index contributed by atoms with van der Waals surface area (Å²) in [4.78, 5) is 16.7. The lowest BCUT2D eigenvalue weighted by molar-refractivity contribution is 0.0964. The number of nitrogens with two attached hydrogens (primary N) is 1. The molecule has 146 valence electrons. The van der Waals surface area contributed by atoms with Crippen LogP contribution in [0, 0.1) is 0 Å². The summed E-state index contributed by atoms with van der Waals surface area (Å²) < 4.78 is 1.78. The molecule has 0 radical (unpaired) electrons. The number of hydrogen-bond acceptors (Lipinski definition) is 4. The third kappa shape index (κ3) is 3.67. The van der Waals surface area contributed by atoms with Gasteiger partial charge >= 0.3 is 0 Å². The maximum Gasteiger partial charge on any atom is 0.253 e. The van der Waals surface area contributed by atoms with Crippen LogP contribution in [0.2, 0.25) is 5.02 Å². The van der Waals surface area contributed by atoms with E-state index >= 15 is 0 Å². The smallest absolute Gasteiger partial charge is 0.253 e. The highest BCUT2D eigenvalue weighted by Gasteiger charge is 2.14. The number of anilines is 1. The molecule has 0 spiro atoms. The fourth-order valence-electron chi connectivity index (χ4n) is 3.41. The Morgan fingerprint density at radius 2 is 2.00 bits per heavy atom. The number of aryl methyl sites for hydroxylation is 1. The summed E-state index contributed by atoms with van der Waals surface area (Å²) in [5.74, 6) is -0.221. The number of nitrogens with zero attached hydrogens (tertiary/aromatic N) is 3. The molecule has 0 unspecified atom stereocenters. The summed E-state index contributed by atoms with van der Waals surface area (Å²) in [7, 11) is 3.46. The van der Waals surface area contributed by atoms with Crippen LogP contribution >= 0.6 is 11.6 Å². The monoisotopic (exact) mass is 405 g/mol. The van der Waals surface area contributed by atoms with Gasteiger partial charge in [-0.15, -0.1) is 0 Å². The Bertz CT molecular complexity index is 1230. The predicted molar refractivity (Wildman–Crippen MR) is 116 cm³/mol. The molecule has 2 heterocycles. The fourth-order valence-corrected chi connectivity index (χ4v) is 3.62. The van der Waals surface area contributed by atoms with E-state index < -0.39 is 0 Å². The summed E-state index contributed by atoms with van der Waals surface area (Å²) in [6.07, 6.45) is 2.43. The van der Waals surface area contributed by atoms with Crippen LogP contribution < -0.4 is 11.1 Å². The van der Waals surface area contributed by atoms with Gasteiger partial charge in [0.25, 0.3) is 5.91 Å². The highest BCUT2D eigenvalue weighted by Crippen LogP contribution is 2.28. The Morgan fingerprint density at radius 1 is 1.17 bits per heavy atom. The first-order chi connectivity index (χ1) is 14.0. The molecule has 0 aliphatic rings. The number of nitrogens with one attached hydrogen (secondary N) is 1. The maximum absolute atomic E-state index is 12.1. The molecular formula is C22H20ClN5O. The highest BCUT2D eigenvalue weighted by molar-refractivity contribution is 6.30. The molecule has 0 saturated carbocycles. The van der Waals surface area contributed by atoms with E-state index in [1.165, 1.54) is 0 Å². The average Bonchev–Trinajstić information content (AvgIpc) is 3.02. The molecule has 0 saturated heterocycles. The van der Waals surface area contributed by atoms with Crippen LogP contribution in [0.3, 0.4) is 0 Å². The van der Waals surface area contributed by atoms with Gasteiger partial charge in [0.05, 0.1) is 11.3 Å². The second-order valence-corrected chi connectivity index (χ2v) is 7.29. The number of hydrogen-bond donors (Lipinski definition) is 2. The van der Waals surface area contributed by atoms with Crippen molar-refractivity contribution in [2.45, 2.75) is 6.42 Å². The summed E-state index contributed by atoms with van der Waals surface area (Å²) in [5.41, 5.74) is 11.4. The number of aromatic nitrogens is 3. The van der Waals surface area contributed by atoms with Crippen LogP contribution in [0.5, 0.6) is 0 Å². The molecule has 29 heavy (non-hydrogen) atoms. The molecule has 4 aromatic rings. The lowest BCUT2D eigenvalue weighted by atomic mass is 10.0. The minimum absolute atomic E-state index is 0.221. The number of benzene rings is 2. The van der Waals surface area contributed by atoms with Gasteiger partial charge in [-0.3, -0.25) is 9.48 Å². The van der Waals surface area contributed by atoms with Gasteiger partial charge in [0.1, 0.15) is 0 Å². The summed E-state index contributed by atoms with van der Waals surface area (Å²) in [6.45, 7) is 0. The van der Waals surface area contributed by atoms with Gasteiger partial charge in [-0.05, 0) is 41.5 Å². The lowest BCUT2D eigenvalue weighted by Crippen LogP contribution is -2.19. The van der Waals surface area contributed by atoms with E-state index in [1.54, 1.807) is 30.1 Å². The van der Waals surface area contributed by atoms with E-state index in [1.807, 2.05) is 43.4 Å². The molecule has 6 nitrogen and oxygen atoms in total. The second kappa shape index (κ2) is 7.56. The van der Waals surface area contributed by atoms with Crippen molar-refractivity contribution in [1.29, 1.82) is 0 Å². The van der Waals surface area contributed by atoms with Crippen LogP contribution in [0.4, 0.5) is 5.69 Å². The standard InChI is InChI=1S/C22H20ClN5O/c1-25-22(29)17-10-14(6-7-19(17)24)15-11-18-20(27-28(2)21(18)26-12-15)9-13-4-3-5-16(23)8-13/h3-8,10-12H,9,24H2,1-2H3,(H,25,29). The fraction of sp³-hybridized carbons (Fsp3) is 0.136. The van der Waals surface area contributed by atoms with Gasteiger partial charge in [0.15, 0.2) is 5.65 Å². The number of pyridine rings is 1. The van der Waals surface area contributed by atoms with Crippen molar-refractivity contribution < 1.29 is 4.79 Å². The van der Waals surface area contributed by atoms with Gasteiger partial charge < -0.3 is 11.1 Å². The first kappa shape index (κ1) is 19.0. The summed E-state index contributed by atoms with van der Waals surface area (Å²) in [5, 5.41) is 8.93. The zero-order valence-electron chi connectivity index (χ0n) is 16.1. The maximum atomic E-state index is 12.1. The van der Waals surface area contributed by atoms with E-state index in [0.717, 1.165) is 33.4 Å². The van der Waals surface area contributed by atoms with Gasteiger partial charge in [-0.2, -0.15) is 5.10 Å². The Balaban J connectivity index is 1.79. The van der Waals surface area contributed by atoms with Crippen LogP contribution in [0.15, 0.2) is 54.7 Å². The molecule has 4 rings (SSSR count). The highest BCUT2D eigenvalue weighted by atomic mass is 35.5. The normalized spacial score (nSPS) is 11.0. The van der Waals surface area contributed by atoms with Crippen LogP contribution in [-0.2, 0) is 13.5 Å². The molecule has 3 N–H and O–H groups in total. The predicted octanol–water partition coefficient (Wildman–Crippen LogP) is 3.82. The van der Waals surface area contributed by atoms with Crippen LogP contribution in [0.1, 0.15) is 21.6 Å². The minimum atomic E-state index is -0.221. The quantitative estimate of drug-likeness (QED) is 0.505. The number of amides is 1. The molecule has 2 aromatic heterocycles. The first-order valence-electron chi connectivity index (χ1n) is 9.14. The molecule has 0 bridgehead atoms. The number of carbonyl (C=O) groups is 1. The number of carbonyl (C=O) groups excluding carboxylic acids is 1. The Kier molecular flexibility index (Phi) is 4.94. The third-order valence-corrected chi connectivity index (χ3v) is 5.11. The van der Waals surface area contributed by atoms with Gasteiger partial charge in [0, 0.05) is 48.4 Å². The number of fused-ring (bicyclic) bond motifs is 1. The van der Waals surface area contributed by atoms with E-state index in [0.29, 0.717) is 22.7 Å². The summed E-state index contributed by atoms with van der Waals surface area (Å²) in [6, 6.07) is 15.2. The van der Waals surface area contributed by atoms with Crippen LogP contribution in [-0.4, -0.2) is 27.7 Å². The Morgan fingerprint density at radius 3 is 2.76 bits per heavy atom. The largest absolute Gasteiger partial charge is 0.398 e. The van der Waals surface area contributed by atoms with E-state index in [9.17, 15) is 4.79 Å². The molecule has 0 aliphatic heterocycles. The van der Waals surface area contributed by atoms with Crippen LogP contribution in [0.25, 0.3) is 22.2 Å². The van der Waals surface area contributed by atoms with Crippen molar-refractivity contribution >= 4 is 34.2 Å². The molecule has 0 aliphatic carbocycles. The van der Waals surface area contributed by atoms with E-state index in [4.69, 9.17) is 17.3 Å². The third-order valence-electron chi connectivity index (χ3n) is 4.87. The van der Waals surface area contributed by atoms with Gasteiger partial charge in [-0.1, -0.05) is 29.8 Å². The van der Waals surface area contributed by atoms with E-state index in [2.05, 4.69) is 15.4 Å². The van der Waals surface area contributed by atoms with Gasteiger partial charge in [0.2, 0.25) is 0 Å². The Hall–Kier alpha value is -3.38. The van der Waals surface area contributed by atoms with Crippen molar-refractivity contribution in [2.24, 2.45) is 7.05 Å². The van der Waals surface area contributed by atoms with Crippen molar-refractivity contribution in [3.63, 3.8) is 0 Å². The number of rotatable bonds is 4. The zero-order chi connectivity index (χ0) is 20.5. The molecule has 0 fully saturated rings. The molecule has 2 aromatic carbocycles. The van der Waals surface area contributed by atoms with Crippen molar-refractivity contribution in [1.82, 2.24) is 20.1 Å². The van der Waals surface area contributed by atoms with Crippen molar-refractivity contribution in [3.05, 3.63) is 76.6 Å². The van der Waals surface area contributed by atoms with Crippen molar-refractivity contribution in [2.75, 3.05) is 12.8 Å². The number of halogens is 1. The molecule has 1 amide bonds. The van der Waals surface area contributed by atoms with Gasteiger partial charge in [-0.25, -0.2) is 4.98 Å². The lowest BCUT2D eigenvalue weighted by Gasteiger charge is -2.08. The van der Waals surface area contributed by atoms with Crippen molar-refractivity contribution in [3.8, 4) is 11.1 Å². The first-order valence-corrected chi connectivity index (χ1v) is 9.52. The Labute approximate surface area is 173 Å². The summed E-state index contributed by atoms with van der Waals surface area (Å²) >= 11 is 6.12. The molecular weight excluding hydrogens is 386 g/mol. The molecule has 0 atom stereocenters. The number of nitrogen functional groups attached to an aromatic ring is 1. The van der Waals surface area contributed by atoms with E-state index in [-0.39, 0.29) is 5.91 Å². The molecule has 7 heteroatoms. The topological polar surface area (TPSA) is 85.8 Å².